The van der Waals surface area contributed by atoms with Crippen LogP contribution in [0, 0.1) is 0 Å². The first kappa shape index (κ1) is 22.6. The first-order chi connectivity index (χ1) is 15.5. The summed E-state index contributed by atoms with van der Waals surface area (Å²) in [6, 6.07) is 4.74. The Hall–Kier alpha value is -2.56. The largest absolute Gasteiger partial charge is 0.372 e. The lowest BCUT2D eigenvalue weighted by atomic mass is 10.0. The molecule has 0 unspecified atom stereocenters. The lowest BCUT2D eigenvalue weighted by Gasteiger charge is -2.36. The summed E-state index contributed by atoms with van der Waals surface area (Å²) >= 11 is 0. The number of hydrogen-bond donors (Lipinski definition) is 2. The van der Waals surface area contributed by atoms with Crippen molar-refractivity contribution >= 4 is 0 Å². The highest BCUT2D eigenvalue weighted by molar-refractivity contribution is 5.11. The van der Waals surface area contributed by atoms with Crippen LogP contribution in [0.15, 0.2) is 45.0 Å². The zero-order chi connectivity index (χ0) is 22.5. The molecule has 2 aliphatic rings. The van der Waals surface area contributed by atoms with Crippen LogP contribution in [0.25, 0.3) is 0 Å². The molecule has 2 aromatic heterocycles. The van der Waals surface area contributed by atoms with E-state index in [1.807, 2.05) is 0 Å². The van der Waals surface area contributed by atoms with Crippen LogP contribution in [-0.4, -0.2) is 70.1 Å². The highest BCUT2D eigenvalue weighted by Gasteiger charge is 2.29. The zero-order valence-corrected chi connectivity index (χ0v) is 18.0. The molecule has 2 fully saturated rings. The number of hydrogen-bond acceptors (Lipinski definition) is 6. The fraction of sp³-hybridized carbons (Fsp3) is 0.591. The van der Waals surface area contributed by atoms with Crippen molar-refractivity contribution < 1.29 is 9.13 Å². The number of piperidine rings is 2. The molecule has 10 heteroatoms. The van der Waals surface area contributed by atoms with Gasteiger partial charge in [0.15, 0.2) is 0 Å². The van der Waals surface area contributed by atoms with E-state index >= 15 is 0 Å². The van der Waals surface area contributed by atoms with Gasteiger partial charge in [-0.2, -0.15) is 0 Å². The number of H-pyrrole nitrogens is 1. The first-order valence-electron chi connectivity index (χ1n) is 11.2. The Morgan fingerprint density at radius 3 is 2.59 bits per heavy atom. The highest BCUT2D eigenvalue weighted by Crippen LogP contribution is 2.20. The van der Waals surface area contributed by atoms with Gasteiger partial charge in [-0.1, -0.05) is 6.07 Å². The minimum atomic E-state index is -0.937. The summed E-state index contributed by atoms with van der Waals surface area (Å²) < 4.78 is 22.9. The van der Waals surface area contributed by atoms with Gasteiger partial charge in [0.05, 0.1) is 18.8 Å². The summed E-state index contributed by atoms with van der Waals surface area (Å²) in [5.74, 6) is 0. The van der Waals surface area contributed by atoms with Gasteiger partial charge in [0, 0.05) is 56.7 Å². The van der Waals surface area contributed by atoms with Gasteiger partial charge >= 0.3 is 5.69 Å². The van der Waals surface area contributed by atoms with Gasteiger partial charge in [0.25, 0.3) is 11.1 Å². The SMILES string of the molecule is O=c1ccn(Cc2cccn(CCN3CCC(O[C@@H]4CCNC[C@H]4F)CC3)c2=O)c(=O)[nH]1. The molecule has 4 rings (SSSR count). The smallest absolute Gasteiger partial charge is 0.328 e. The predicted octanol–water partition coefficient (Wildman–Crippen LogP) is -0.0724. The molecule has 174 valence electrons. The van der Waals surface area contributed by atoms with E-state index in [0.717, 1.165) is 39.0 Å². The summed E-state index contributed by atoms with van der Waals surface area (Å²) in [5, 5.41) is 3.05. The molecule has 0 radical (unpaired) electrons. The predicted molar refractivity (Wildman–Crippen MR) is 118 cm³/mol. The van der Waals surface area contributed by atoms with Crippen LogP contribution in [0.4, 0.5) is 4.39 Å². The third-order valence-electron chi connectivity index (χ3n) is 6.24. The van der Waals surface area contributed by atoms with Crippen LogP contribution in [0.2, 0.25) is 0 Å². The van der Waals surface area contributed by atoms with Crippen molar-refractivity contribution in [2.75, 3.05) is 32.7 Å². The topological polar surface area (TPSA) is 101 Å². The Labute approximate surface area is 184 Å². The Kier molecular flexibility index (Phi) is 7.33. The number of nitrogens with one attached hydrogen (secondary N) is 2. The molecule has 9 nitrogen and oxygen atoms in total. The number of alkyl halides is 1. The lowest BCUT2D eigenvalue weighted by molar-refractivity contribution is -0.0829. The van der Waals surface area contributed by atoms with Crippen molar-refractivity contribution in [1.82, 2.24) is 24.3 Å². The molecule has 0 aromatic carbocycles. The number of nitrogens with zero attached hydrogens (tertiary/aromatic N) is 3. The van der Waals surface area contributed by atoms with Crippen molar-refractivity contribution in [2.45, 2.75) is 50.7 Å². The molecule has 0 aliphatic carbocycles. The molecule has 4 heterocycles. The van der Waals surface area contributed by atoms with Gasteiger partial charge in [-0.05, 0) is 31.9 Å². The average molecular weight is 448 g/mol. The summed E-state index contributed by atoms with van der Waals surface area (Å²) in [6.07, 6.45) is 4.42. The Morgan fingerprint density at radius 2 is 1.84 bits per heavy atom. The molecule has 2 aliphatic heterocycles. The van der Waals surface area contributed by atoms with Crippen LogP contribution in [-0.2, 0) is 17.8 Å². The molecule has 2 N–H and O–H groups in total. The minimum Gasteiger partial charge on any atom is -0.372 e. The first-order valence-corrected chi connectivity index (χ1v) is 11.2. The number of rotatable bonds is 7. The maximum absolute atomic E-state index is 14.0. The van der Waals surface area contributed by atoms with Crippen molar-refractivity contribution in [2.24, 2.45) is 0 Å². The molecular formula is C22H30FN5O4. The monoisotopic (exact) mass is 447 g/mol. The van der Waals surface area contributed by atoms with Gasteiger partial charge in [-0.15, -0.1) is 0 Å². The van der Waals surface area contributed by atoms with E-state index < -0.39 is 17.4 Å². The highest BCUT2D eigenvalue weighted by atomic mass is 19.1. The normalized spacial score (nSPS) is 22.8. The second-order valence-corrected chi connectivity index (χ2v) is 8.49. The van der Waals surface area contributed by atoms with Crippen LogP contribution < -0.4 is 22.1 Å². The molecule has 0 bridgehead atoms. The number of aromatic amines is 1. The van der Waals surface area contributed by atoms with Gasteiger partial charge in [0.2, 0.25) is 0 Å². The molecule has 0 spiro atoms. The maximum atomic E-state index is 14.0. The van der Waals surface area contributed by atoms with E-state index in [1.165, 1.54) is 16.8 Å². The van der Waals surface area contributed by atoms with E-state index in [1.54, 1.807) is 22.9 Å². The number of likely N-dealkylation sites (tertiary alicyclic amines) is 1. The van der Waals surface area contributed by atoms with Gasteiger partial charge in [0.1, 0.15) is 6.17 Å². The van der Waals surface area contributed by atoms with Crippen LogP contribution in [0.3, 0.4) is 0 Å². The fourth-order valence-corrected chi connectivity index (χ4v) is 4.35. The molecule has 2 aromatic rings. The Bertz CT molecular complexity index is 1070. The second kappa shape index (κ2) is 10.4. The summed E-state index contributed by atoms with van der Waals surface area (Å²) in [7, 11) is 0. The lowest BCUT2D eigenvalue weighted by Crippen LogP contribution is -2.46. The van der Waals surface area contributed by atoms with Crippen molar-refractivity contribution in [1.29, 1.82) is 0 Å². The van der Waals surface area contributed by atoms with E-state index in [9.17, 15) is 18.8 Å². The van der Waals surface area contributed by atoms with Gasteiger partial charge in [-0.3, -0.25) is 19.1 Å². The summed E-state index contributed by atoms with van der Waals surface area (Å²) in [4.78, 5) is 40.4. The summed E-state index contributed by atoms with van der Waals surface area (Å²) in [5.41, 5.74) is -0.674. The van der Waals surface area contributed by atoms with Crippen molar-refractivity contribution in [3.8, 4) is 0 Å². The molecule has 2 atom stereocenters. The average Bonchev–Trinajstić information content (AvgIpc) is 2.78. The Morgan fingerprint density at radius 1 is 1.03 bits per heavy atom. The van der Waals surface area contributed by atoms with E-state index in [2.05, 4.69) is 15.2 Å². The van der Waals surface area contributed by atoms with Crippen LogP contribution in [0.5, 0.6) is 0 Å². The Balaban J connectivity index is 1.29. The molecule has 32 heavy (non-hydrogen) atoms. The van der Waals surface area contributed by atoms with Crippen LogP contribution in [0.1, 0.15) is 24.8 Å². The quantitative estimate of drug-likeness (QED) is 0.616. The van der Waals surface area contributed by atoms with Gasteiger partial charge in [-0.25, -0.2) is 9.18 Å². The van der Waals surface area contributed by atoms with Crippen molar-refractivity contribution in [3.05, 3.63) is 67.3 Å². The number of ether oxygens (including phenoxy) is 1. The molecular weight excluding hydrogens is 417 g/mol. The number of pyridine rings is 1. The van der Waals surface area contributed by atoms with E-state index in [0.29, 0.717) is 25.1 Å². The molecule has 0 amide bonds. The molecule has 2 saturated heterocycles. The summed E-state index contributed by atoms with van der Waals surface area (Å²) in [6.45, 7) is 4.25. The van der Waals surface area contributed by atoms with Crippen LogP contribution >= 0.6 is 0 Å². The second-order valence-electron chi connectivity index (χ2n) is 8.49. The maximum Gasteiger partial charge on any atom is 0.328 e. The van der Waals surface area contributed by atoms with Crippen molar-refractivity contribution in [3.63, 3.8) is 0 Å². The third kappa shape index (κ3) is 5.62. The van der Waals surface area contributed by atoms with E-state index in [-0.39, 0.29) is 24.3 Å². The third-order valence-corrected chi connectivity index (χ3v) is 6.24. The fourth-order valence-electron chi connectivity index (χ4n) is 4.35. The minimum absolute atomic E-state index is 0.0919. The standard InChI is InChI=1S/C22H30FN5O4/c23-18-14-24-7-3-19(18)32-17-4-9-26(10-5-17)12-13-27-8-1-2-16(21(27)30)15-28-11-6-20(29)25-22(28)31/h1-2,6,8,11,17-19,24H,3-5,7,9-10,12-15H2,(H,25,29,31)/t18-,19-/m1/s1. The van der Waals surface area contributed by atoms with Gasteiger partial charge < -0.3 is 19.5 Å². The number of aromatic nitrogens is 3. The zero-order valence-electron chi connectivity index (χ0n) is 18.0. The van der Waals surface area contributed by atoms with E-state index in [4.69, 9.17) is 4.74 Å². The molecule has 0 saturated carbocycles. The number of halogens is 1.